The van der Waals surface area contributed by atoms with E-state index in [0.717, 1.165) is 17.1 Å². The lowest BCUT2D eigenvalue weighted by atomic mass is 10.1. The van der Waals surface area contributed by atoms with Gasteiger partial charge < -0.3 is 5.32 Å². The summed E-state index contributed by atoms with van der Waals surface area (Å²) in [7, 11) is 0. The van der Waals surface area contributed by atoms with Gasteiger partial charge in [0.05, 0.1) is 0 Å². The van der Waals surface area contributed by atoms with Crippen LogP contribution in [-0.4, -0.2) is 6.54 Å². The molecule has 0 aliphatic rings. The van der Waals surface area contributed by atoms with Crippen LogP contribution in [-0.2, 0) is 0 Å². The highest BCUT2D eigenvalue weighted by molar-refractivity contribution is 6.35. The van der Waals surface area contributed by atoms with Crippen LogP contribution in [0.5, 0.6) is 0 Å². The summed E-state index contributed by atoms with van der Waals surface area (Å²) in [5, 5.41) is 4.90. The average molecular weight is 260 g/mol. The topological polar surface area (TPSA) is 12.0 Å². The second-order valence-corrected chi connectivity index (χ2v) is 5.15. The predicted octanol–water partition coefficient (Wildman–Crippen LogP) is 4.69. The maximum Gasteiger partial charge on any atom is 0.0468 e. The first-order valence-corrected chi connectivity index (χ1v) is 6.48. The first-order chi connectivity index (χ1) is 7.54. The summed E-state index contributed by atoms with van der Waals surface area (Å²) in [5.41, 5.74) is 1.11. The van der Waals surface area contributed by atoms with Crippen molar-refractivity contribution >= 4 is 23.2 Å². The standard InChI is InChI=1S/C13H19Cl2N/c1-4-9(2)8-16-10(3)12-6-5-11(14)7-13(12)15/h5-7,9-10,16H,4,8H2,1-3H3/t9-,10?/m0/s1. The molecular weight excluding hydrogens is 241 g/mol. The summed E-state index contributed by atoms with van der Waals surface area (Å²) < 4.78 is 0. The monoisotopic (exact) mass is 259 g/mol. The normalized spacial score (nSPS) is 14.8. The van der Waals surface area contributed by atoms with Crippen LogP contribution in [0, 0.1) is 5.92 Å². The van der Waals surface area contributed by atoms with Gasteiger partial charge in [0.1, 0.15) is 0 Å². The lowest BCUT2D eigenvalue weighted by molar-refractivity contribution is 0.461. The smallest absolute Gasteiger partial charge is 0.0468 e. The van der Waals surface area contributed by atoms with E-state index in [1.165, 1.54) is 6.42 Å². The minimum Gasteiger partial charge on any atom is -0.310 e. The number of hydrogen-bond acceptors (Lipinski definition) is 1. The van der Waals surface area contributed by atoms with E-state index in [1.807, 2.05) is 12.1 Å². The summed E-state index contributed by atoms with van der Waals surface area (Å²) >= 11 is 12.0. The summed E-state index contributed by atoms with van der Waals surface area (Å²) in [6, 6.07) is 5.92. The molecule has 0 radical (unpaired) electrons. The number of nitrogens with one attached hydrogen (secondary N) is 1. The summed E-state index contributed by atoms with van der Waals surface area (Å²) in [5.74, 6) is 0.688. The van der Waals surface area contributed by atoms with Crippen LogP contribution >= 0.6 is 23.2 Å². The minimum absolute atomic E-state index is 0.263. The molecule has 1 rings (SSSR count). The van der Waals surface area contributed by atoms with Crippen molar-refractivity contribution in [2.45, 2.75) is 33.2 Å². The third kappa shape index (κ3) is 3.97. The van der Waals surface area contributed by atoms with Crippen LogP contribution in [0.25, 0.3) is 0 Å². The fourth-order valence-corrected chi connectivity index (χ4v) is 2.06. The summed E-state index contributed by atoms with van der Waals surface area (Å²) in [6.45, 7) is 7.57. The highest BCUT2D eigenvalue weighted by atomic mass is 35.5. The molecule has 0 heterocycles. The zero-order chi connectivity index (χ0) is 12.1. The molecule has 1 unspecified atom stereocenters. The van der Waals surface area contributed by atoms with E-state index in [4.69, 9.17) is 23.2 Å². The lowest BCUT2D eigenvalue weighted by Gasteiger charge is -2.18. The number of rotatable bonds is 5. The molecule has 1 aromatic carbocycles. The third-order valence-electron chi connectivity index (χ3n) is 2.90. The van der Waals surface area contributed by atoms with Gasteiger partial charge in [-0.05, 0) is 37.1 Å². The highest BCUT2D eigenvalue weighted by Crippen LogP contribution is 2.26. The van der Waals surface area contributed by atoms with Gasteiger partial charge in [0.15, 0.2) is 0 Å². The maximum atomic E-state index is 6.15. The molecule has 0 amide bonds. The Morgan fingerprint density at radius 1 is 1.25 bits per heavy atom. The van der Waals surface area contributed by atoms with Crippen molar-refractivity contribution in [3.8, 4) is 0 Å². The van der Waals surface area contributed by atoms with Crippen molar-refractivity contribution in [3.63, 3.8) is 0 Å². The quantitative estimate of drug-likeness (QED) is 0.809. The molecule has 90 valence electrons. The molecule has 0 saturated carbocycles. The SMILES string of the molecule is CC[C@H](C)CNC(C)c1ccc(Cl)cc1Cl. The molecule has 0 bridgehead atoms. The Kier molecular flexibility index (Phi) is 5.60. The molecule has 0 aliphatic heterocycles. The summed E-state index contributed by atoms with van der Waals surface area (Å²) in [6.07, 6.45) is 1.19. The third-order valence-corrected chi connectivity index (χ3v) is 3.46. The molecular formula is C13H19Cl2N. The van der Waals surface area contributed by atoms with Crippen LogP contribution in [0.1, 0.15) is 38.8 Å². The van der Waals surface area contributed by atoms with Crippen LogP contribution < -0.4 is 5.32 Å². The van der Waals surface area contributed by atoms with Gasteiger partial charge in [-0.15, -0.1) is 0 Å². The van der Waals surface area contributed by atoms with Gasteiger partial charge in [0, 0.05) is 16.1 Å². The Hall–Kier alpha value is -0.240. The predicted molar refractivity (Wildman–Crippen MR) is 72.3 cm³/mol. The van der Waals surface area contributed by atoms with Crippen LogP contribution in [0.4, 0.5) is 0 Å². The molecule has 16 heavy (non-hydrogen) atoms. The van der Waals surface area contributed by atoms with Crippen LogP contribution in [0.3, 0.4) is 0 Å². The molecule has 1 aromatic rings. The van der Waals surface area contributed by atoms with Gasteiger partial charge in [0.25, 0.3) is 0 Å². The molecule has 1 N–H and O–H groups in total. The second-order valence-electron chi connectivity index (χ2n) is 4.31. The van der Waals surface area contributed by atoms with E-state index in [0.29, 0.717) is 10.9 Å². The van der Waals surface area contributed by atoms with E-state index in [1.54, 1.807) is 6.07 Å². The van der Waals surface area contributed by atoms with E-state index in [2.05, 4.69) is 26.1 Å². The molecule has 0 aliphatic carbocycles. The van der Waals surface area contributed by atoms with Gasteiger partial charge in [-0.2, -0.15) is 0 Å². The van der Waals surface area contributed by atoms with E-state index < -0.39 is 0 Å². The zero-order valence-corrected chi connectivity index (χ0v) is 11.6. The van der Waals surface area contributed by atoms with Gasteiger partial charge in [-0.1, -0.05) is 49.5 Å². The Morgan fingerprint density at radius 3 is 2.50 bits per heavy atom. The maximum absolute atomic E-state index is 6.15. The lowest BCUT2D eigenvalue weighted by Crippen LogP contribution is -2.24. The van der Waals surface area contributed by atoms with Gasteiger partial charge in [-0.3, -0.25) is 0 Å². The molecule has 0 saturated heterocycles. The molecule has 2 atom stereocenters. The van der Waals surface area contributed by atoms with Crippen LogP contribution in [0.2, 0.25) is 10.0 Å². The molecule has 0 aromatic heterocycles. The first kappa shape index (κ1) is 13.8. The van der Waals surface area contributed by atoms with Crippen molar-refractivity contribution in [1.29, 1.82) is 0 Å². The van der Waals surface area contributed by atoms with E-state index in [9.17, 15) is 0 Å². The van der Waals surface area contributed by atoms with E-state index in [-0.39, 0.29) is 6.04 Å². The fourth-order valence-electron chi connectivity index (χ4n) is 1.48. The molecule has 0 fully saturated rings. The number of hydrogen-bond donors (Lipinski definition) is 1. The highest BCUT2D eigenvalue weighted by Gasteiger charge is 2.10. The van der Waals surface area contributed by atoms with Crippen LogP contribution in [0.15, 0.2) is 18.2 Å². The minimum atomic E-state index is 0.263. The second kappa shape index (κ2) is 6.48. The molecule has 3 heteroatoms. The van der Waals surface area contributed by atoms with Crippen molar-refractivity contribution in [2.24, 2.45) is 5.92 Å². The van der Waals surface area contributed by atoms with Crippen molar-refractivity contribution in [3.05, 3.63) is 33.8 Å². The van der Waals surface area contributed by atoms with Gasteiger partial charge in [-0.25, -0.2) is 0 Å². The van der Waals surface area contributed by atoms with Crippen molar-refractivity contribution in [1.82, 2.24) is 5.32 Å². The fraction of sp³-hybridized carbons (Fsp3) is 0.538. The zero-order valence-electron chi connectivity index (χ0n) is 10.1. The Morgan fingerprint density at radius 2 is 1.94 bits per heavy atom. The molecule has 1 nitrogen and oxygen atoms in total. The average Bonchev–Trinajstić information content (AvgIpc) is 2.25. The Labute approximate surface area is 108 Å². The Balaban J connectivity index is 2.62. The van der Waals surface area contributed by atoms with Crippen molar-refractivity contribution in [2.75, 3.05) is 6.54 Å². The van der Waals surface area contributed by atoms with Crippen molar-refractivity contribution < 1.29 is 0 Å². The summed E-state index contributed by atoms with van der Waals surface area (Å²) in [4.78, 5) is 0. The van der Waals surface area contributed by atoms with Gasteiger partial charge >= 0.3 is 0 Å². The first-order valence-electron chi connectivity index (χ1n) is 5.73. The number of benzene rings is 1. The van der Waals surface area contributed by atoms with Gasteiger partial charge in [0.2, 0.25) is 0 Å². The molecule has 0 spiro atoms. The Bertz CT molecular complexity index is 339. The number of halogens is 2. The van der Waals surface area contributed by atoms with E-state index >= 15 is 0 Å². The largest absolute Gasteiger partial charge is 0.310 e.